The van der Waals surface area contributed by atoms with Gasteiger partial charge in [0.2, 0.25) is 0 Å². The third-order valence-electron chi connectivity index (χ3n) is 8.38. The quantitative estimate of drug-likeness (QED) is 0.312. The number of rotatable bonds is 8. The van der Waals surface area contributed by atoms with Crippen LogP contribution in [0.1, 0.15) is 69.2 Å². The summed E-state index contributed by atoms with van der Waals surface area (Å²) in [4.78, 5) is 27.6. The van der Waals surface area contributed by atoms with Crippen molar-refractivity contribution < 1.29 is 33.7 Å². The van der Waals surface area contributed by atoms with Crippen LogP contribution in [-0.4, -0.2) is 47.3 Å². The monoisotopic (exact) mass is 601 g/mol. The highest BCUT2D eigenvalue weighted by atomic mass is 35.5. The molecule has 0 aliphatic carbocycles. The number of carboxylic acid groups (broad SMARTS) is 1. The van der Waals surface area contributed by atoms with Crippen LogP contribution in [0.4, 0.5) is 4.39 Å². The van der Waals surface area contributed by atoms with Crippen molar-refractivity contribution in [3.8, 4) is 0 Å². The number of benzene rings is 3. The second-order valence-electron chi connectivity index (χ2n) is 10.4. The summed E-state index contributed by atoms with van der Waals surface area (Å²) >= 11 is 12.2. The van der Waals surface area contributed by atoms with E-state index in [2.05, 4.69) is 0 Å². The van der Waals surface area contributed by atoms with Crippen molar-refractivity contribution in [2.75, 3.05) is 20.3 Å². The van der Waals surface area contributed by atoms with E-state index in [-0.39, 0.29) is 39.7 Å². The topological polar surface area (TPSA) is 96.3 Å². The minimum Gasteiger partial charge on any atom is -0.478 e. The average molecular weight is 602 g/mol. The van der Waals surface area contributed by atoms with Crippen molar-refractivity contribution in [1.29, 1.82) is 0 Å². The zero-order valence-electron chi connectivity index (χ0n) is 22.6. The van der Waals surface area contributed by atoms with E-state index in [9.17, 15) is 19.8 Å². The van der Waals surface area contributed by atoms with E-state index in [1.54, 1.807) is 30.3 Å². The van der Waals surface area contributed by atoms with Gasteiger partial charge in [-0.15, -0.1) is 0 Å². The molecule has 10 heteroatoms. The molecule has 0 radical (unpaired) electrons. The van der Waals surface area contributed by atoms with Crippen molar-refractivity contribution in [2.24, 2.45) is 5.92 Å². The first-order valence-electron chi connectivity index (χ1n) is 13.4. The van der Waals surface area contributed by atoms with E-state index >= 15 is 4.39 Å². The van der Waals surface area contributed by atoms with Gasteiger partial charge in [-0.25, -0.2) is 9.18 Å². The molecular weight excluding hydrogens is 572 g/mol. The standard InChI is InChI=1S/C31H30Cl2FNO6/c1-3-30(39,19-10-12-41-13-11-19)21-14-25-27(26(34)15-21)31(40-2,20-5-8-22(32)9-6-20)35(28(25)36)17-18-4-7-23(33)16-24(18)29(37)38/h4-9,14-16,19,39H,3,10-13,17H2,1-2H3,(H,37,38)/t30-,31+/m0/s1. The molecule has 1 amide bonds. The maximum Gasteiger partial charge on any atom is 0.336 e. The molecule has 3 aromatic carbocycles. The van der Waals surface area contributed by atoms with Gasteiger partial charge in [-0.3, -0.25) is 9.69 Å². The summed E-state index contributed by atoms with van der Waals surface area (Å²) in [7, 11) is 1.36. The fourth-order valence-electron chi connectivity index (χ4n) is 6.24. The van der Waals surface area contributed by atoms with Crippen LogP contribution in [0.2, 0.25) is 10.0 Å². The third-order valence-corrected chi connectivity index (χ3v) is 8.87. The molecular formula is C31H30Cl2FNO6. The fraction of sp³-hybridized carbons (Fsp3) is 0.355. The maximum atomic E-state index is 16.4. The molecule has 1 fully saturated rings. The van der Waals surface area contributed by atoms with Crippen LogP contribution < -0.4 is 0 Å². The number of fused-ring (bicyclic) bond motifs is 1. The molecule has 0 spiro atoms. The zero-order valence-corrected chi connectivity index (χ0v) is 24.1. The lowest BCUT2D eigenvalue weighted by Crippen LogP contribution is -2.46. The van der Waals surface area contributed by atoms with Crippen molar-refractivity contribution >= 4 is 35.1 Å². The van der Waals surface area contributed by atoms with Crippen LogP contribution >= 0.6 is 23.2 Å². The third kappa shape index (κ3) is 4.91. The maximum absolute atomic E-state index is 16.4. The van der Waals surface area contributed by atoms with Crippen molar-refractivity contribution in [2.45, 2.75) is 44.1 Å². The number of halogens is 3. The Kier molecular flexibility index (Phi) is 8.16. The SMILES string of the molecule is CC[C@@](O)(c1cc(F)c2c(c1)C(=O)N(Cc1ccc(Cl)cc1C(=O)O)[C@@]2(OC)c1ccc(Cl)cc1)C1CCOCC1. The first-order chi connectivity index (χ1) is 19.6. The predicted molar refractivity (Wildman–Crippen MR) is 152 cm³/mol. The second-order valence-corrected chi connectivity index (χ2v) is 11.3. The normalized spacial score (nSPS) is 20.6. The number of ether oxygens (including phenoxy) is 2. The van der Waals surface area contributed by atoms with E-state index in [4.69, 9.17) is 32.7 Å². The molecule has 2 atom stereocenters. The van der Waals surface area contributed by atoms with Gasteiger partial charge in [0, 0.05) is 35.9 Å². The molecule has 1 saturated heterocycles. The summed E-state index contributed by atoms with van der Waals surface area (Å²) in [6.07, 6.45) is 1.52. The van der Waals surface area contributed by atoms with Crippen molar-refractivity contribution in [3.63, 3.8) is 0 Å². The number of nitrogens with zero attached hydrogens (tertiary/aromatic N) is 1. The van der Waals surface area contributed by atoms with Gasteiger partial charge in [-0.05, 0) is 72.7 Å². The Bertz CT molecular complexity index is 1490. The van der Waals surface area contributed by atoms with E-state index in [1.807, 2.05) is 6.92 Å². The van der Waals surface area contributed by atoms with E-state index in [1.165, 1.54) is 36.3 Å². The molecule has 0 aromatic heterocycles. The lowest BCUT2D eigenvalue weighted by Gasteiger charge is -2.39. The number of carboxylic acids is 1. The van der Waals surface area contributed by atoms with Gasteiger partial charge in [-0.1, -0.05) is 48.3 Å². The first kappa shape index (κ1) is 29.5. The molecule has 2 heterocycles. The van der Waals surface area contributed by atoms with Gasteiger partial charge in [-0.2, -0.15) is 0 Å². The van der Waals surface area contributed by atoms with Gasteiger partial charge in [0.15, 0.2) is 5.72 Å². The van der Waals surface area contributed by atoms with Crippen LogP contribution in [0.25, 0.3) is 0 Å². The molecule has 2 N–H and O–H groups in total. The highest BCUT2D eigenvalue weighted by Gasteiger charge is 2.54. The lowest BCUT2D eigenvalue weighted by atomic mass is 9.74. The summed E-state index contributed by atoms with van der Waals surface area (Å²) in [5, 5.41) is 22.4. The molecule has 5 rings (SSSR count). The van der Waals surface area contributed by atoms with Crippen LogP contribution in [0.5, 0.6) is 0 Å². The molecule has 0 bridgehead atoms. The smallest absolute Gasteiger partial charge is 0.336 e. The number of hydrogen-bond donors (Lipinski definition) is 2. The van der Waals surface area contributed by atoms with Crippen LogP contribution in [0.3, 0.4) is 0 Å². The molecule has 7 nitrogen and oxygen atoms in total. The summed E-state index contributed by atoms with van der Waals surface area (Å²) < 4.78 is 28.0. The Morgan fingerprint density at radius 2 is 1.78 bits per heavy atom. The Balaban J connectivity index is 1.72. The lowest BCUT2D eigenvalue weighted by molar-refractivity contribution is -0.0884. The van der Waals surface area contributed by atoms with Gasteiger partial charge in [0.05, 0.1) is 28.8 Å². The van der Waals surface area contributed by atoms with Crippen LogP contribution in [0.15, 0.2) is 54.6 Å². The van der Waals surface area contributed by atoms with Gasteiger partial charge < -0.3 is 19.7 Å². The van der Waals surface area contributed by atoms with Crippen LogP contribution in [0, 0.1) is 11.7 Å². The largest absolute Gasteiger partial charge is 0.478 e. The molecule has 2 aliphatic heterocycles. The fourth-order valence-corrected chi connectivity index (χ4v) is 6.54. The summed E-state index contributed by atoms with van der Waals surface area (Å²) in [5.74, 6) is -2.70. The highest BCUT2D eigenvalue weighted by Crippen LogP contribution is 2.49. The Morgan fingerprint density at radius 3 is 2.39 bits per heavy atom. The van der Waals surface area contributed by atoms with Crippen LogP contribution in [-0.2, 0) is 27.3 Å². The van der Waals surface area contributed by atoms with E-state index < -0.39 is 29.0 Å². The molecule has 2 aliphatic rings. The highest BCUT2D eigenvalue weighted by molar-refractivity contribution is 6.31. The number of aromatic carboxylic acids is 1. The molecule has 0 unspecified atom stereocenters. The first-order valence-corrected chi connectivity index (χ1v) is 14.1. The van der Waals surface area contributed by atoms with E-state index in [0.29, 0.717) is 48.6 Å². The number of amides is 1. The van der Waals surface area contributed by atoms with Gasteiger partial charge in [0.1, 0.15) is 5.82 Å². The average Bonchev–Trinajstić information content (AvgIpc) is 3.22. The van der Waals surface area contributed by atoms with Crippen molar-refractivity contribution in [3.05, 3.63) is 104 Å². The number of carbonyl (C=O) groups excluding carboxylic acids is 1. The Hall–Kier alpha value is -3.01. The molecule has 216 valence electrons. The molecule has 3 aromatic rings. The summed E-state index contributed by atoms with van der Waals surface area (Å²) in [5.41, 5.74) is -2.21. The number of carbonyl (C=O) groups is 2. The molecule has 0 saturated carbocycles. The van der Waals surface area contributed by atoms with Gasteiger partial charge in [0.25, 0.3) is 5.91 Å². The second kappa shape index (κ2) is 11.3. The minimum atomic E-state index is -1.75. The number of hydrogen-bond acceptors (Lipinski definition) is 5. The van der Waals surface area contributed by atoms with E-state index in [0.717, 1.165) is 0 Å². The zero-order chi connectivity index (χ0) is 29.5. The summed E-state index contributed by atoms with van der Waals surface area (Å²) in [6, 6.07) is 13.7. The summed E-state index contributed by atoms with van der Waals surface area (Å²) in [6.45, 7) is 2.58. The van der Waals surface area contributed by atoms with Gasteiger partial charge >= 0.3 is 5.97 Å². The molecule has 41 heavy (non-hydrogen) atoms. The minimum absolute atomic E-state index is 0.0210. The Morgan fingerprint density at radius 1 is 1.12 bits per heavy atom. The number of aliphatic hydroxyl groups is 1. The van der Waals surface area contributed by atoms with Crippen molar-refractivity contribution in [1.82, 2.24) is 4.90 Å². The Labute approximate surface area is 247 Å². The number of methoxy groups -OCH3 is 1. The predicted octanol–water partition coefficient (Wildman–Crippen LogP) is 6.36.